The van der Waals surface area contributed by atoms with E-state index < -0.39 is 0 Å². The molecule has 1 aromatic heterocycles. The van der Waals surface area contributed by atoms with Gasteiger partial charge >= 0.3 is 0 Å². The number of nitrogens with zero attached hydrogens (tertiary/aromatic N) is 1. The highest BCUT2D eigenvalue weighted by Crippen LogP contribution is 2.37. The van der Waals surface area contributed by atoms with Crippen LogP contribution in [0.25, 0.3) is 32.7 Å². The van der Waals surface area contributed by atoms with Crippen molar-refractivity contribution in [2.45, 2.75) is 20.3 Å². The van der Waals surface area contributed by atoms with E-state index in [0.29, 0.717) is 0 Å². The molecule has 0 unspecified atom stereocenters. The number of hydrogen-bond acceptors (Lipinski definition) is 1. The second-order valence-electron chi connectivity index (χ2n) is 9.22. The van der Waals surface area contributed by atoms with Crippen molar-refractivity contribution in [3.05, 3.63) is 162 Å². The first-order valence-corrected chi connectivity index (χ1v) is 12.8. The molecule has 1 heterocycles. The van der Waals surface area contributed by atoms with Crippen molar-refractivity contribution in [2.75, 3.05) is 0 Å². The fourth-order valence-electron chi connectivity index (χ4n) is 4.86. The van der Waals surface area contributed by atoms with Gasteiger partial charge in [-0.3, -0.25) is 4.98 Å². The van der Waals surface area contributed by atoms with E-state index in [9.17, 15) is 0 Å². The lowest BCUT2D eigenvalue weighted by atomic mass is 9.85. The van der Waals surface area contributed by atoms with E-state index in [2.05, 4.69) is 136 Å². The van der Waals surface area contributed by atoms with E-state index in [1.807, 2.05) is 12.3 Å². The van der Waals surface area contributed by atoms with Crippen molar-refractivity contribution in [1.29, 1.82) is 0 Å². The van der Waals surface area contributed by atoms with Gasteiger partial charge in [-0.15, -0.1) is 0 Å². The van der Waals surface area contributed by atoms with Crippen LogP contribution >= 0.6 is 0 Å². The van der Waals surface area contributed by atoms with Gasteiger partial charge in [0.2, 0.25) is 0 Å². The van der Waals surface area contributed by atoms with E-state index in [4.69, 9.17) is 4.98 Å². The molecule has 5 rings (SSSR count). The molecule has 0 bridgehead atoms. The highest BCUT2D eigenvalue weighted by atomic mass is 14.7. The van der Waals surface area contributed by atoms with E-state index in [1.165, 1.54) is 27.5 Å². The van der Waals surface area contributed by atoms with Crippen LogP contribution in [-0.2, 0) is 0 Å². The van der Waals surface area contributed by atoms with Crippen LogP contribution in [0.4, 0.5) is 0 Å². The van der Waals surface area contributed by atoms with Crippen molar-refractivity contribution in [3.63, 3.8) is 0 Å². The van der Waals surface area contributed by atoms with Gasteiger partial charge in [-0.1, -0.05) is 129 Å². The molecule has 1 nitrogen and oxygen atoms in total. The summed E-state index contributed by atoms with van der Waals surface area (Å²) in [6, 6.07) is 34.2. The molecular weight excluding hydrogens is 446 g/mol. The number of hydrogen-bond donors (Lipinski definition) is 0. The minimum atomic E-state index is 0.891. The zero-order chi connectivity index (χ0) is 25.6. The highest BCUT2D eigenvalue weighted by molar-refractivity contribution is 6.01. The van der Waals surface area contributed by atoms with Crippen LogP contribution in [-0.4, -0.2) is 4.98 Å². The van der Waals surface area contributed by atoms with Gasteiger partial charge in [-0.05, 0) is 63.4 Å². The van der Waals surface area contributed by atoms with Gasteiger partial charge in [-0.2, -0.15) is 0 Å². The maximum Gasteiger partial charge on any atom is 0.0708 e. The zero-order valence-electron chi connectivity index (χ0n) is 21.5. The fourth-order valence-corrected chi connectivity index (χ4v) is 4.86. The Kier molecular flexibility index (Phi) is 7.23. The molecule has 0 saturated carbocycles. The van der Waals surface area contributed by atoms with Gasteiger partial charge in [-0.25, -0.2) is 0 Å². The van der Waals surface area contributed by atoms with Crippen molar-refractivity contribution >= 4 is 32.7 Å². The Bertz CT molecular complexity index is 1670. The van der Waals surface area contributed by atoms with Crippen LogP contribution in [0.2, 0.25) is 0 Å². The van der Waals surface area contributed by atoms with Crippen LogP contribution in [0.5, 0.6) is 0 Å². The molecule has 0 saturated heterocycles. The summed E-state index contributed by atoms with van der Waals surface area (Å²) >= 11 is 0. The van der Waals surface area contributed by atoms with E-state index in [1.54, 1.807) is 0 Å². The number of allylic oxidation sites excluding steroid dienone is 5. The van der Waals surface area contributed by atoms with E-state index >= 15 is 0 Å². The minimum absolute atomic E-state index is 0.891. The standard InChI is InChI=1S/C36H31N/c1-4-5-6-7-15-26(2)36(34-23-14-19-28-16-10-11-21-32(28)34)33-22-13-12-20-31(33)27(3)35-24-29-17-8-9-18-30(29)25-37-35/h5-25H,3-4H2,1-2H3/b6-5-,15-7-,36-26-. The Hall–Kier alpha value is -4.49. The second kappa shape index (κ2) is 11.1. The van der Waals surface area contributed by atoms with E-state index in [-0.39, 0.29) is 0 Å². The van der Waals surface area contributed by atoms with Gasteiger partial charge < -0.3 is 0 Å². The van der Waals surface area contributed by atoms with Gasteiger partial charge in [0.15, 0.2) is 0 Å². The summed E-state index contributed by atoms with van der Waals surface area (Å²) in [4.78, 5) is 4.78. The van der Waals surface area contributed by atoms with Crippen molar-refractivity contribution in [1.82, 2.24) is 4.98 Å². The van der Waals surface area contributed by atoms with Crippen LogP contribution in [0, 0.1) is 0 Å². The number of fused-ring (bicyclic) bond motifs is 2. The van der Waals surface area contributed by atoms with E-state index in [0.717, 1.165) is 39.6 Å². The maximum absolute atomic E-state index is 4.78. The number of benzene rings is 4. The average molecular weight is 478 g/mol. The van der Waals surface area contributed by atoms with Crippen molar-refractivity contribution in [2.24, 2.45) is 0 Å². The molecule has 0 N–H and O–H groups in total. The summed E-state index contributed by atoms with van der Waals surface area (Å²) in [5.74, 6) is 0. The molecule has 0 radical (unpaired) electrons. The molecule has 0 amide bonds. The first kappa shape index (κ1) is 24.2. The zero-order valence-corrected chi connectivity index (χ0v) is 21.5. The second-order valence-corrected chi connectivity index (χ2v) is 9.22. The lowest BCUT2D eigenvalue weighted by molar-refractivity contribution is 1.22. The molecule has 1 heteroatoms. The maximum atomic E-state index is 4.78. The van der Waals surface area contributed by atoms with Gasteiger partial charge in [0.05, 0.1) is 5.69 Å². The molecule has 5 aromatic rings. The number of rotatable bonds is 7. The first-order valence-electron chi connectivity index (χ1n) is 12.8. The topological polar surface area (TPSA) is 12.9 Å². The minimum Gasteiger partial charge on any atom is -0.256 e. The molecule has 0 fully saturated rings. The summed E-state index contributed by atoms with van der Waals surface area (Å²) in [5, 5.41) is 4.76. The highest BCUT2D eigenvalue weighted by Gasteiger charge is 2.17. The Balaban J connectivity index is 1.71. The third-order valence-corrected chi connectivity index (χ3v) is 6.74. The summed E-state index contributed by atoms with van der Waals surface area (Å²) < 4.78 is 0. The van der Waals surface area contributed by atoms with Crippen LogP contribution in [0.1, 0.15) is 42.7 Å². The molecule has 0 spiro atoms. The molecule has 0 atom stereocenters. The first-order chi connectivity index (χ1) is 18.2. The van der Waals surface area contributed by atoms with Crippen LogP contribution in [0.15, 0.2) is 140 Å². The third kappa shape index (κ3) is 5.08. The Morgan fingerprint density at radius 1 is 0.730 bits per heavy atom. The molecule has 4 aromatic carbocycles. The van der Waals surface area contributed by atoms with Crippen LogP contribution < -0.4 is 0 Å². The summed E-state index contributed by atoms with van der Waals surface area (Å²) in [5.41, 5.74) is 7.67. The fraction of sp³-hybridized carbons (Fsp3) is 0.0833. The normalized spacial score (nSPS) is 12.5. The Morgan fingerprint density at radius 3 is 2.19 bits per heavy atom. The largest absolute Gasteiger partial charge is 0.256 e. The molecule has 37 heavy (non-hydrogen) atoms. The Labute approximate surface area is 219 Å². The number of pyridine rings is 1. The van der Waals surface area contributed by atoms with Gasteiger partial charge in [0, 0.05) is 17.2 Å². The third-order valence-electron chi connectivity index (χ3n) is 6.74. The molecule has 0 aliphatic carbocycles. The predicted molar refractivity (Wildman–Crippen MR) is 161 cm³/mol. The smallest absolute Gasteiger partial charge is 0.0708 e. The number of aromatic nitrogens is 1. The summed E-state index contributed by atoms with van der Waals surface area (Å²) in [7, 11) is 0. The quantitative estimate of drug-likeness (QED) is 0.213. The molecule has 180 valence electrons. The van der Waals surface area contributed by atoms with Gasteiger partial charge in [0.1, 0.15) is 0 Å². The van der Waals surface area contributed by atoms with Crippen LogP contribution in [0.3, 0.4) is 0 Å². The van der Waals surface area contributed by atoms with Crippen molar-refractivity contribution in [3.8, 4) is 0 Å². The van der Waals surface area contributed by atoms with Gasteiger partial charge in [0.25, 0.3) is 0 Å². The summed E-state index contributed by atoms with van der Waals surface area (Å²) in [6.07, 6.45) is 11.6. The van der Waals surface area contributed by atoms with Crippen molar-refractivity contribution < 1.29 is 0 Å². The molecule has 0 aliphatic heterocycles. The monoisotopic (exact) mass is 477 g/mol. The SMILES string of the molecule is C=C(c1cc2ccccc2cn1)c1ccccc1/C(=C(C)/C=C\C=C/CC)c1cccc2ccccc12. The lowest BCUT2D eigenvalue weighted by Crippen LogP contribution is -2.00. The lowest BCUT2D eigenvalue weighted by Gasteiger charge is -2.19. The molecular formula is C36H31N. The average Bonchev–Trinajstić information content (AvgIpc) is 2.95. The Morgan fingerprint density at radius 2 is 1.38 bits per heavy atom. The molecule has 0 aliphatic rings. The summed E-state index contributed by atoms with van der Waals surface area (Å²) in [6.45, 7) is 8.88. The predicted octanol–water partition coefficient (Wildman–Crippen LogP) is 9.79.